The summed E-state index contributed by atoms with van der Waals surface area (Å²) in [6.07, 6.45) is 72.5. The molecule has 80 heavy (non-hydrogen) atoms. The van der Waals surface area contributed by atoms with Crippen LogP contribution in [0.25, 0.3) is 0 Å². The van der Waals surface area contributed by atoms with Gasteiger partial charge in [0.15, 0.2) is 6.10 Å². The number of hydrogen-bond acceptors (Lipinski definition) is 10. The number of phosphoric ester groups is 1. The van der Waals surface area contributed by atoms with Gasteiger partial charge in [0.05, 0.1) is 19.8 Å². The molecule has 0 heterocycles. The van der Waals surface area contributed by atoms with Gasteiger partial charge in [-0.2, -0.15) is 0 Å². The van der Waals surface area contributed by atoms with Gasteiger partial charge in [0.2, 0.25) is 0 Å². The van der Waals surface area contributed by atoms with E-state index in [0.717, 1.165) is 116 Å². The van der Waals surface area contributed by atoms with Gasteiger partial charge >= 0.3 is 25.7 Å². The van der Waals surface area contributed by atoms with Gasteiger partial charge in [-0.05, 0) is 96.3 Å². The molecule has 0 amide bonds. The Hall–Kier alpha value is -3.34. The Morgan fingerprint density at radius 2 is 0.650 bits per heavy atom. The summed E-state index contributed by atoms with van der Waals surface area (Å²) in [7, 11) is -4.77. The van der Waals surface area contributed by atoms with Crippen molar-refractivity contribution in [3.63, 3.8) is 0 Å². The van der Waals surface area contributed by atoms with E-state index in [2.05, 4.69) is 106 Å². The van der Waals surface area contributed by atoms with E-state index in [1.807, 2.05) is 0 Å². The minimum absolute atomic E-state index is 0.126. The van der Waals surface area contributed by atoms with E-state index < -0.39 is 57.8 Å². The summed E-state index contributed by atoms with van der Waals surface area (Å²) in [6.45, 7) is 4.50. The fourth-order valence-electron chi connectivity index (χ4n) is 8.89. The molecule has 462 valence electrons. The Balaban J connectivity index is 4.76. The third-order valence-electron chi connectivity index (χ3n) is 13.8. The number of aliphatic hydroxyl groups is 1. The van der Waals surface area contributed by atoms with Crippen molar-refractivity contribution in [2.24, 2.45) is 0 Å². The molecule has 0 aromatic heterocycles. The molecule has 0 aliphatic rings. The smallest absolute Gasteiger partial charge is 0.462 e. The molecule has 0 fully saturated rings. The maximum absolute atomic E-state index is 13.0. The van der Waals surface area contributed by atoms with Crippen molar-refractivity contribution >= 4 is 25.7 Å². The molecule has 0 rings (SSSR count). The summed E-state index contributed by atoms with van der Waals surface area (Å²) in [4.78, 5) is 48.8. The SMILES string of the molecule is CC/C=C\C/C=C\C/C=C\C/C=C\C/C=C\CCCCCC(=O)OC(COC(=O)CCCCCCCCCCCCCCCCCCCCC)COP(=O)(O)OCC(CO)OC(=O)CCCCCCC/C=C\C/C=C\CCCCC. The highest BCUT2D eigenvalue weighted by Gasteiger charge is 2.28. The molecular weight excluding hydrogens is 1020 g/mol. The predicted octanol–water partition coefficient (Wildman–Crippen LogP) is 19.8. The molecule has 0 aliphatic heterocycles. The zero-order chi connectivity index (χ0) is 58.3. The van der Waals surface area contributed by atoms with Crippen molar-refractivity contribution in [3.8, 4) is 0 Å². The van der Waals surface area contributed by atoms with Gasteiger partial charge in [-0.1, -0.05) is 260 Å². The van der Waals surface area contributed by atoms with Gasteiger partial charge in [-0.25, -0.2) is 4.57 Å². The number of allylic oxidation sites excluding steroid dienone is 14. The monoisotopic (exact) mass is 1140 g/mol. The lowest BCUT2D eigenvalue weighted by atomic mass is 10.0. The van der Waals surface area contributed by atoms with E-state index >= 15 is 0 Å². The van der Waals surface area contributed by atoms with Crippen LogP contribution in [-0.2, 0) is 42.2 Å². The van der Waals surface area contributed by atoms with E-state index in [9.17, 15) is 28.9 Å². The van der Waals surface area contributed by atoms with Gasteiger partial charge in [0.25, 0.3) is 0 Å². The summed E-state index contributed by atoms with van der Waals surface area (Å²) in [5, 5.41) is 9.85. The van der Waals surface area contributed by atoms with Crippen LogP contribution < -0.4 is 0 Å². The van der Waals surface area contributed by atoms with Crippen LogP contribution in [0.15, 0.2) is 85.1 Å². The largest absolute Gasteiger partial charge is 0.472 e. The summed E-state index contributed by atoms with van der Waals surface area (Å²) in [6, 6.07) is 0. The summed E-state index contributed by atoms with van der Waals surface area (Å²) < 4.78 is 39.7. The van der Waals surface area contributed by atoms with Crippen LogP contribution in [0.5, 0.6) is 0 Å². The van der Waals surface area contributed by atoms with E-state index in [4.69, 9.17) is 23.3 Å². The zero-order valence-corrected chi connectivity index (χ0v) is 52.2. The molecular formula is C68H119O11P. The van der Waals surface area contributed by atoms with Crippen molar-refractivity contribution in [2.75, 3.05) is 26.4 Å². The number of phosphoric acid groups is 1. The standard InChI is InChI=1S/C68H119O11P/c1-4-7-10-13-16-19-22-25-28-30-32-34-37-39-42-45-48-51-54-57-66(70)75-61-65(79-68(72)59-56-53-50-47-44-41-38-35-33-31-29-26-23-20-17-14-11-8-5-2)63-77-80(73,74)76-62-64(60-69)78-67(71)58-55-52-49-46-43-40-36-27-24-21-18-15-12-9-6-3/h8,11,17-18,20-21,26-27,29,33,35-36,41,44,64-65,69H,4-7,9-10,12-16,19,22-25,28,30-32,34,37-40,42-43,45-63H2,1-3H3,(H,73,74)/b11-8-,20-17-,21-18-,29-26-,35-33-,36-27-,44-41-. The van der Waals surface area contributed by atoms with Gasteiger partial charge in [0, 0.05) is 19.3 Å². The predicted molar refractivity (Wildman–Crippen MR) is 334 cm³/mol. The van der Waals surface area contributed by atoms with E-state index in [0.29, 0.717) is 19.3 Å². The van der Waals surface area contributed by atoms with Crippen LogP contribution in [0.3, 0.4) is 0 Å². The number of carbonyl (C=O) groups is 3. The maximum atomic E-state index is 13.0. The first-order valence-corrected chi connectivity index (χ1v) is 34.0. The third-order valence-corrected chi connectivity index (χ3v) is 14.8. The number of rotatable bonds is 60. The molecule has 0 bridgehead atoms. The molecule has 0 saturated carbocycles. The Kier molecular flexibility index (Phi) is 59.1. The van der Waals surface area contributed by atoms with E-state index in [1.165, 1.54) is 116 Å². The number of aliphatic hydroxyl groups excluding tert-OH is 1. The Morgan fingerprint density at radius 3 is 1.04 bits per heavy atom. The number of esters is 3. The average molecular weight is 1140 g/mol. The maximum Gasteiger partial charge on any atom is 0.472 e. The topological polar surface area (TPSA) is 155 Å². The van der Waals surface area contributed by atoms with Crippen molar-refractivity contribution in [3.05, 3.63) is 85.1 Å². The fraction of sp³-hybridized carbons (Fsp3) is 0.750. The summed E-state index contributed by atoms with van der Waals surface area (Å²) in [5.41, 5.74) is 0. The molecule has 3 unspecified atom stereocenters. The van der Waals surface area contributed by atoms with Crippen LogP contribution in [0, 0.1) is 0 Å². The molecule has 11 nitrogen and oxygen atoms in total. The molecule has 0 aliphatic carbocycles. The Labute approximate surface area is 490 Å². The van der Waals surface area contributed by atoms with Gasteiger partial charge in [-0.15, -0.1) is 0 Å². The van der Waals surface area contributed by atoms with Crippen LogP contribution >= 0.6 is 7.82 Å². The molecule has 3 atom stereocenters. The Bertz CT molecular complexity index is 1670. The van der Waals surface area contributed by atoms with Crippen molar-refractivity contribution in [1.82, 2.24) is 0 Å². The molecule has 2 N–H and O–H groups in total. The lowest BCUT2D eigenvalue weighted by Crippen LogP contribution is -2.30. The molecule has 0 radical (unpaired) electrons. The number of ether oxygens (including phenoxy) is 3. The van der Waals surface area contributed by atoms with Gasteiger partial charge in [-0.3, -0.25) is 23.4 Å². The minimum atomic E-state index is -4.77. The van der Waals surface area contributed by atoms with E-state index in [1.54, 1.807) is 0 Å². The molecule has 0 spiro atoms. The first-order valence-electron chi connectivity index (χ1n) is 32.5. The van der Waals surface area contributed by atoms with Crippen molar-refractivity contribution in [2.45, 2.75) is 303 Å². The molecule has 12 heteroatoms. The fourth-order valence-corrected chi connectivity index (χ4v) is 9.67. The highest BCUT2D eigenvalue weighted by atomic mass is 31.2. The number of carbonyl (C=O) groups excluding carboxylic acids is 3. The van der Waals surface area contributed by atoms with Gasteiger partial charge in [0.1, 0.15) is 12.7 Å². The second-order valence-electron chi connectivity index (χ2n) is 21.6. The first-order chi connectivity index (χ1) is 39.2. The average Bonchev–Trinajstić information content (AvgIpc) is 3.45. The van der Waals surface area contributed by atoms with Gasteiger partial charge < -0.3 is 24.2 Å². The lowest BCUT2D eigenvalue weighted by Gasteiger charge is -2.21. The number of hydrogen-bond donors (Lipinski definition) is 2. The number of unbranched alkanes of at least 4 members (excludes halogenated alkanes) is 29. The van der Waals surface area contributed by atoms with Crippen LogP contribution in [0.4, 0.5) is 0 Å². The van der Waals surface area contributed by atoms with Crippen molar-refractivity contribution in [1.29, 1.82) is 0 Å². The van der Waals surface area contributed by atoms with Crippen LogP contribution in [0.2, 0.25) is 0 Å². The highest BCUT2D eigenvalue weighted by Crippen LogP contribution is 2.43. The second kappa shape index (κ2) is 61.7. The normalized spacial score (nSPS) is 13.8. The van der Waals surface area contributed by atoms with E-state index in [-0.39, 0.29) is 25.9 Å². The summed E-state index contributed by atoms with van der Waals surface area (Å²) >= 11 is 0. The first kappa shape index (κ1) is 76.7. The lowest BCUT2D eigenvalue weighted by molar-refractivity contribution is -0.161. The second-order valence-corrected chi connectivity index (χ2v) is 23.0. The molecule has 0 saturated heterocycles. The van der Waals surface area contributed by atoms with Crippen LogP contribution in [-0.4, -0.2) is 66.5 Å². The quantitative estimate of drug-likeness (QED) is 0.0197. The molecule has 0 aromatic carbocycles. The molecule has 0 aromatic rings. The zero-order valence-electron chi connectivity index (χ0n) is 51.3. The Morgan fingerprint density at radius 1 is 0.362 bits per heavy atom. The highest BCUT2D eigenvalue weighted by molar-refractivity contribution is 7.47. The van der Waals surface area contributed by atoms with Crippen molar-refractivity contribution < 1.29 is 52.2 Å². The third kappa shape index (κ3) is 59.3. The minimum Gasteiger partial charge on any atom is -0.462 e. The summed E-state index contributed by atoms with van der Waals surface area (Å²) in [5.74, 6) is -1.51. The van der Waals surface area contributed by atoms with Crippen LogP contribution in [0.1, 0.15) is 290 Å².